The van der Waals surface area contributed by atoms with Gasteiger partial charge in [-0.15, -0.1) is 0 Å². The fraction of sp³-hybridized carbons (Fsp3) is 0.538. The van der Waals surface area contributed by atoms with Crippen LogP contribution in [0.1, 0.15) is 24.7 Å². The van der Waals surface area contributed by atoms with Gasteiger partial charge in [-0.05, 0) is 18.5 Å². The van der Waals surface area contributed by atoms with Gasteiger partial charge in [-0.25, -0.2) is 8.42 Å². The van der Waals surface area contributed by atoms with Gasteiger partial charge in [-0.1, -0.05) is 44.2 Å². The molecular weight excluding hydrogens is 234 g/mol. The maximum Gasteiger partial charge on any atom is 0.158 e. The first-order valence-corrected chi connectivity index (χ1v) is 7.60. The Morgan fingerprint density at radius 1 is 1.18 bits per heavy atom. The van der Waals surface area contributed by atoms with E-state index in [1.54, 1.807) is 7.05 Å². The first-order valence-electron chi connectivity index (χ1n) is 5.88. The van der Waals surface area contributed by atoms with Crippen LogP contribution in [0.15, 0.2) is 30.3 Å². The summed E-state index contributed by atoms with van der Waals surface area (Å²) in [4.78, 5) is 0. The van der Waals surface area contributed by atoms with Crippen molar-refractivity contribution in [3.63, 3.8) is 0 Å². The molecule has 1 unspecified atom stereocenters. The minimum Gasteiger partial charge on any atom is -0.318 e. The lowest BCUT2D eigenvalue weighted by Crippen LogP contribution is -2.28. The van der Waals surface area contributed by atoms with Gasteiger partial charge in [0.2, 0.25) is 0 Å². The van der Waals surface area contributed by atoms with Crippen LogP contribution in [0.5, 0.6) is 0 Å². The van der Waals surface area contributed by atoms with E-state index in [4.69, 9.17) is 0 Å². The molecule has 0 bridgehead atoms. The lowest BCUT2D eigenvalue weighted by atomic mass is 10.1. The highest BCUT2D eigenvalue weighted by molar-refractivity contribution is 7.91. The van der Waals surface area contributed by atoms with E-state index in [1.165, 1.54) is 0 Å². The van der Waals surface area contributed by atoms with E-state index in [-0.39, 0.29) is 11.7 Å². The van der Waals surface area contributed by atoms with Crippen molar-refractivity contribution in [3.05, 3.63) is 35.9 Å². The van der Waals surface area contributed by atoms with Gasteiger partial charge in [-0.2, -0.15) is 0 Å². The van der Waals surface area contributed by atoms with E-state index < -0.39 is 15.1 Å². The zero-order valence-electron chi connectivity index (χ0n) is 10.7. The molecule has 0 fully saturated rings. The lowest BCUT2D eigenvalue weighted by Gasteiger charge is -2.19. The van der Waals surface area contributed by atoms with E-state index in [0.29, 0.717) is 6.54 Å². The van der Waals surface area contributed by atoms with Crippen molar-refractivity contribution >= 4 is 9.84 Å². The highest BCUT2D eigenvalue weighted by Gasteiger charge is 2.27. The Kier molecular flexibility index (Phi) is 5.15. The van der Waals surface area contributed by atoms with Gasteiger partial charge in [0.15, 0.2) is 9.84 Å². The second-order valence-electron chi connectivity index (χ2n) is 4.68. The fourth-order valence-electron chi connectivity index (χ4n) is 1.89. The average molecular weight is 255 g/mol. The molecule has 0 saturated carbocycles. The summed E-state index contributed by atoms with van der Waals surface area (Å²) in [6.07, 6.45) is 0. The Bertz CT molecular complexity index is 426. The van der Waals surface area contributed by atoms with Crippen LogP contribution in [-0.2, 0) is 9.84 Å². The van der Waals surface area contributed by atoms with Crippen molar-refractivity contribution in [3.8, 4) is 0 Å². The minimum atomic E-state index is -3.10. The molecule has 0 aromatic heterocycles. The Labute approximate surface area is 104 Å². The summed E-state index contributed by atoms with van der Waals surface area (Å²) in [5.41, 5.74) is 0.863. The molecular formula is C13H21NO2S. The number of benzene rings is 1. The van der Waals surface area contributed by atoms with Crippen LogP contribution in [0.2, 0.25) is 0 Å². The van der Waals surface area contributed by atoms with E-state index in [1.807, 2.05) is 44.2 Å². The summed E-state index contributed by atoms with van der Waals surface area (Å²) in [6, 6.07) is 9.40. The molecule has 1 rings (SSSR count). The van der Waals surface area contributed by atoms with Gasteiger partial charge in [0.05, 0.1) is 11.0 Å². The van der Waals surface area contributed by atoms with Crippen molar-refractivity contribution in [1.29, 1.82) is 0 Å². The summed E-state index contributed by atoms with van der Waals surface area (Å²) in [6.45, 7) is 4.32. The predicted octanol–water partition coefficient (Wildman–Crippen LogP) is 2.02. The van der Waals surface area contributed by atoms with Crippen molar-refractivity contribution in [2.24, 2.45) is 5.92 Å². The van der Waals surface area contributed by atoms with Crippen LogP contribution in [0.3, 0.4) is 0 Å². The zero-order valence-corrected chi connectivity index (χ0v) is 11.5. The Hall–Kier alpha value is -0.870. The predicted molar refractivity (Wildman–Crippen MR) is 71.7 cm³/mol. The van der Waals surface area contributed by atoms with Gasteiger partial charge in [0.25, 0.3) is 0 Å². The molecule has 1 aromatic carbocycles. The van der Waals surface area contributed by atoms with Crippen LogP contribution in [0.25, 0.3) is 0 Å². The number of rotatable bonds is 6. The number of likely N-dealkylation sites (N-methyl/N-ethyl adjacent to an activating group) is 1. The van der Waals surface area contributed by atoms with Crippen LogP contribution >= 0.6 is 0 Å². The quantitative estimate of drug-likeness (QED) is 0.846. The third-order valence-corrected chi connectivity index (χ3v) is 5.00. The van der Waals surface area contributed by atoms with Gasteiger partial charge in [0.1, 0.15) is 0 Å². The zero-order chi connectivity index (χ0) is 12.9. The Morgan fingerprint density at radius 3 is 2.24 bits per heavy atom. The lowest BCUT2D eigenvalue weighted by molar-refractivity contribution is 0.563. The number of hydrogen-bond donors (Lipinski definition) is 1. The monoisotopic (exact) mass is 255 g/mol. The summed E-state index contributed by atoms with van der Waals surface area (Å²) in [5.74, 6) is 0.386. The summed E-state index contributed by atoms with van der Waals surface area (Å²) in [5, 5.41) is 2.52. The highest BCUT2D eigenvalue weighted by Crippen LogP contribution is 2.23. The van der Waals surface area contributed by atoms with Crippen molar-refractivity contribution < 1.29 is 8.42 Å². The second-order valence-corrected chi connectivity index (χ2v) is 6.91. The summed E-state index contributed by atoms with van der Waals surface area (Å²) >= 11 is 0. The van der Waals surface area contributed by atoms with Crippen LogP contribution in [-0.4, -0.2) is 27.8 Å². The number of hydrogen-bond acceptors (Lipinski definition) is 3. The second kappa shape index (κ2) is 6.17. The maximum absolute atomic E-state index is 12.3. The van der Waals surface area contributed by atoms with Crippen molar-refractivity contribution in [2.45, 2.75) is 19.1 Å². The summed E-state index contributed by atoms with van der Waals surface area (Å²) < 4.78 is 24.6. The molecule has 96 valence electrons. The first kappa shape index (κ1) is 14.2. The topological polar surface area (TPSA) is 46.2 Å². The SMILES string of the molecule is CNCC(c1ccccc1)S(=O)(=O)CC(C)C. The van der Waals surface area contributed by atoms with Crippen molar-refractivity contribution in [1.82, 2.24) is 5.32 Å². The molecule has 0 aliphatic heterocycles. The molecule has 0 aliphatic carbocycles. The molecule has 1 aromatic rings. The normalized spacial score (nSPS) is 13.9. The molecule has 3 nitrogen and oxygen atoms in total. The van der Waals surface area contributed by atoms with Gasteiger partial charge in [0, 0.05) is 6.54 Å². The molecule has 0 amide bonds. The molecule has 4 heteroatoms. The largest absolute Gasteiger partial charge is 0.318 e. The average Bonchev–Trinajstić information content (AvgIpc) is 2.25. The van der Waals surface area contributed by atoms with Gasteiger partial charge >= 0.3 is 0 Å². The molecule has 0 saturated heterocycles. The minimum absolute atomic E-state index is 0.156. The molecule has 17 heavy (non-hydrogen) atoms. The van der Waals surface area contributed by atoms with E-state index in [9.17, 15) is 8.42 Å². The molecule has 0 aliphatic rings. The fourth-order valence-corrected chi connectivity index (χ4v) is 4.04. The third kappa shape index (κ3) is 4.13. The van der Waals surface area contributed by atoms with E-state index in [2.05, 4.69) is 5.32 Å². The molecule has 0 heterocycles. The summed E-state index contributed by atoms with van der Waals surface area (Å²) in [7, 11) is -1.32. The Balaban J connectivity index is 3.01. The number of nitrogens with one attached hydrogen (secondary N) is 1. The smallest absolute Gasteiger partial charge is 0.158 e. The maximum atomic E-state index is 12.3. The first-order chi connectivity index (χ1) is 7.97. The van der Waals surface area contributed by atoms with E-state index >= 15 is 0 Å². The van der Waals surface area contributed by atoms with Gasteiger partial charge < -0.3 is 5.32 Å². The third-order valence-electron chi connectivity index (χ3n) is 2.56. The van der Waals surface area contributed by atoms with Crippen LogP contribution in [0, 0.1) is 5.92 Å². The molecule has 1 atom stereocenters. The molecule has 0 spiro atoms. The molecule has 0 radical (unpaired) electrons. The Morgan fingerprint density at radius 2 is 1.76 bits per heavy atom. The standard InChI is InChI=1S/C13H21NO2S/c1-11(2)10-17(15,16)13(9-14-3)12-7-5-4-6-8-12/h4-8,11,13-14H,9-10H2,1-3H3. The van der Waals surface area contributed by atoms with E-state index in [0.717, 1.165) is 5.56 Å². The molecule has 1 N–H and O–H groups in total. The highest BCUT2D eigenvalue weighted by atomic mass is 32.2. The van der Waals surface area contributed by atoms with Crippen LogP contribution in [0.4, 0.5) is 0 Å². The van der Waals surface area contributed by atoms with Gasteiger partial charge in [-0.3, -0.25) is 0 Å². The number of sulfone groups is 1. The van der Waals surface area contributed by atoms with Crippen molar-refractivity contribution in [2.75, 3.05) is 19.3 Å². The van der Waals surface area contributed by atoms with Crippen LogP contribution < -0.4 is 5.32 Å².